The van der Waals surface area contributed by atoms with Crippen LogP contribution in [0.25, 0.3) is 0 Å². The Morgan fingerprint density at radius 3 is 2.05 bits per heavy atom. The molecule has 0 bridgehead atoms. The highest BCUT2D eigenvalue weighted by Crippen LogP contribution is 2.09. The van der Waals surface area contributed by atoms with E-state index in [1.807, 2.05) is 0 Å². The Morgan fingerprint density at radius 2 is 1.50 bits per heavy atom. The lowest BCUT2D eigenvalue weighted by Crippen LogP contribution is -2.23. The first kappa shape index (κ1) is 15.6. The average Bonchev–Trinajstić information content (AvgIpc) is 2.51. The van der Waals surface area contributed by atoms with Crippen molar-refractivity contribution < 1.29 is 18.4 Å². The highest BCUT2D eigenvalue weighted by molar-refractivity contribution is 5.94. The quantitative estimate of drug-likeness (QED) is 0.910. The number of benzene rings is 2. The topological polar surface area (TPSA) is 58.2 Å². The maximum Gasteiger partial charge on any atom is 0.251 e. The van der Waals surface area contributed by atoms with E-state index in [9.17, 15) is 18.4 Å². The number of halogens is 2. The lowest BCUT2D eigenvalue weighted by Gasteiger charge is -2.07. The van der Waals surface area contributed by atoms with Crippen LogP contribution in [-0.2, 0) is 6.54 Å². The molecule has 0 saturated heterocycles. The second-order valence-electron chi connectivity index (χ2n) is 4.62. The van der Waals surface area contributed by atoms with Gasteiger partial charge in [-0.25, -0.2) is 8.78 Å². The molecule has 2 N–H and O–H groups in total. The van der Waals surface area contributed by atoms with Gasteiger partial charge in [0.1, 0.15) is 11.6 Å². The first-order valence-corrected chi connectivity index (χ1v) is 6.55. The summed E-state index contributed by atoms with van der Waals surface area (Å²) in [5, 5.41) is 5.06. The monoisotopic (exact) mass is 304 g/mol. The summed E-state index contributed by atoms with van der Waals surface area (Å²) in [4.78, 5) is 23.2. The van der Waals surface area contributed by atoms with Crippen LogP contribution in [-0.4, -0.2) is 18.9 Å². The molecule has 0 radical (unpaired) electrons. The summed E-state index contributed by atoms with van der Waals surface area (Å²) in [6.07, 6.45) is 0. The number of nitrogens with one attached hydrogen (secondary N) is 2. The number of carbonyl (C=O) groups is 2. The van der Waals surface area contributed by atoms with E-state index in [-0.39, 0.29) is 18.0 Å². The summed E-state index contributed by atoms with van der Waals surface area (Å²) >= 11 is 0. The van der Waals surface area contributed by atoms with Crippen molar-refractivity contribution in [2.24, 2.45) is 0 Å². The molecule has 6 heteroatoms. The minimum Gasteiger partial charge on any atom is -0.355 e. The van der Waals surface area contributed by atoms with Gasteiger partial charge in [0.05, 0.1) is 0 Å². The van der Waals surface area contributed by atoms with E-state index in [2.05, 4.69) is 10.6 Å². The van der Waals surface area contributed by atoms with Crippen molar-refractivity contribution in [3.8, 4) is 0 Å². The Hall–Kier alpha value is -2.76. The minimum atomic E-state index is -0.805. The number of rotatable bonds is 4. The number of hydrogen-bond donors (Lipinski definition) is 2. The fourth-order valence-electron chi connectivity index (χ4n) is 1.89. The lowest BCUT2D eigenvalue weighted by atomic mass is 10.1. The third kappa shape index (κ3) is 3.88. The van der Waals surface area contributed by atoms with Gasteiger partial charge in [-0.3, -0.25) is 9.59 Å². The Balaban J connectivity index is 2.00. The molecule has 0 aliphatic rings. The zero-order valence-electron chi connectivity index (χ0n) is 11.8. The second-order valence-corrected chi connectivity index (χ2v) is 4.62. The summed E-state index contributed by atoms with van der Waals surface area (Å²) in [6, 6.07) is 9.27. The van der Waals surface area contributed by atoms with Gasteiger partial charge in [-0.2, -0.15) is 0 Å². The highest BCUT2D eigenvalue weighted by Gasteiger charge is 2.09. The molecule has 22 heavy (non-hydrogen) atoms. The van der Waals surface area contributed by atoms with E-state index < -0.39 is 17.5 Å². The normalized spacial score (nSPS) is 10.1. The second kappa shape index (κ2) is 6.80. The van der Waals surface area contributed by atoms with Crippen LogP contribution in [0.15, 0.2) is 42.5 Å². The molecule has 0 aliphatic carbocycles. The summed E-state index contributed by atoms with van der Waals surface area (Å²) in [7, 11) is 1.54. The molecule has 0 aliphatic heterocycles. The largest absolute Gasteiger partial charge is 0.355 e. The predicted octanol–water partition coefficient (Wildman–Crippen LogP) is 2.25. The van der Waals surface area contributed by atoms with Crippen LogP contribution in [0.2, 0.25) is 0 Å². The molecule has 0 heterocycles. The molecular formula is C16H14F2N2O2. The lowest BCUT2D eigenvalue weighted by molar-refractivity contribution is 0.0945. The van der Waals surface area contributed by atoms with E-state index in [4.69, 9.17) is 0 Å². The fourth-order valence-corrected chi connectivity index (χ4v) is 1.89. The smallest absolute Gasteiger partial charge is 0.251 e. The van der Waals surface area contributed by atoms with Gasteiger partial charge >= 0.3 is 0 Å². The van der Waals surface area contributed by atoms with Crippen LogP contribution in [0.1, 0.15) is 26.3 Å². The van der Waals surface area contributed by atoms with Gasteiger partial charge in [-0.15, -0.1) is 0 Å². The van der Waals surface area contributed by atoms with Gasteiger partial charge in [-0.1, -0.05) is 12.1 Å². The van der Waals surface area contributed by atoms with E-state index >= 15 is 0 Å². The fraction of sp³-hybridized carbons (Fsp3) is 0.125. The molecule has 0 aromatic heterocycles. The first-order valence-electron chi connectivity index (χ1n) is 6.55. The zero-order valence-corrected chi connectivity index (χ0v) is 11.8. The molecule has 0 spiro atoms. The molecule has 2 rings (SSSR count). The molecule has 2 aromatic carbocycles. The molecule has 0 saturated carbocycles. The van der Waals surface area contributed by atoms with Crippen molar-refractivity contribution >= 4 is 11.8 Å². The third-order valence-corrected chi connectivity index (χ3v) is 3.02. The summed E-state index contributed by atoms with van der Waals surface area (Å²) in [5.41, 5.74) is 1.18. The molecule has 4 nitrogen and oxygen atoms in total. The summed E-state index contributed by atoms with van der Waals surface area (Å²) in [6.45, 7) is 0.186. The van der Waals surface area contributed by atoms with E-state index in [1.54, 1.807) is 24.3 Å². The third-order valence-electron chi connectivity index (χ3n) is 3.02. The standard InChI is InChI=1S/C16H14F2N2O2/c1-19-15(21)11-4-2-10(3-5-11)9-20-16(22)12-6-13(17)8-14(18)7-12/h2-8H,9H2,1H3,(H,19,21)(H,20,22). The number of hydrogen-bond acceptors (Lipinski definition) is 2. The van der Waals surface area contributed by atoms with Crippen molar-refractivity contribution in [2.45, 2.75) is 6.54 Å². The van der Waals surface area contributed by atoms with Crippen molar-refractivity contribution in [1.29, 1.82) is 0 Å². The maximum absolute atomic E-state index is 13.0. The van der Waals surface area contributed by atoms with Crippen LogP contribution in [0.5, 0.6) is 0 Å². The van der Waals surface area contributed by atoms with E-state index in [1.165, 1.54) is 7.05 Å². The molecule has 0 fully saturated rings. The average molecular weight is 304 g/mol. The predicted molar refractivity (Wildman–Crippen MR) is 77.4 cm³/mol. The molecule has 114 valence electrons. The number of amides is 2. The van der Waals surface area contributed by atoms with Crippen molar-refractivity contribution in [2.75, 3.05) is 7.05 Å². The SMILES string of the molecule is CNC(=O)c1ccc(CNC(=O)c2cc(F)cc(F)c2)cc1. The Morgan fingerprint density at radius 1 is 0.909 bits per heavy atom. The van der Waals surface area contributed by atoms with Crippen LogP contribution < -0.4 is 10.6 Å². The van der Waals surface area contributed by atoms with Crippen LogP contribution in [0.3, 0.4) is 0 Å². The zero-order chi connectivity index (χ0) is 16.1. The van der Waals surface area contributed by atoms with Gasteiger partial charge in [-0.05, 0) is 29.8 Å². The van der Waals surface area contributed by atoms with Gasteiger partial charge < -0.3 is 10.6 Å². The Kier molecular flexibility index (Phi) is 4.83. The highest BCUT2D eigenvalue weighted by atomic mass is 19.1. The molecular weight excluding hydrogens is 290 g/mol. The van der Waals surface area contributed by atoms with Crippen LogP contribution >= 0.6 is 0 Å². The van der Waals surface area contributed by atoms with E-state index in [0.717, 1.165) is 17.7 Å². The Labute approximate surface area is 126 Å². The molecule has 0 unspecified atom stereocenters. The van der Waals surface area contributed by atoms with Gasteiger partial charge in [0.15, 0.2) is 0 Å². The van der Waals surface area contributed by atoms with Crippen molar-refractivity contribution in [3.63, 3.8) is 0 Å². The number of carbonyl (C=O) groups excluding carboxylic acids is 2. The minimum absolute atomic E-state index is 0.0838. The molecule has 0 atom stereocenters. The van der Waals surface area contributed by atoms with Crippen molar-refractivity contribution in [1.82, 2.24) is 10.6 Å². The summed E-state index contributed by atoms with van der Waals surface area (Å²) < 4.78 is 26.1. The Bertz CT molecular complexity index is 680. The van der Waals surface area contributed by atoms with Gasteiger partial charge in [0, 0.05) is 30.8 Å². The van der Waals surface area contributed by atoms with Gasteiger partial charge in [0.2, 0.25) is 0 Å². The van der Waals surface area contributed by atoms with Gasteiger partial charge in [0.25, 0.3) is 11.8 Å². The molecule has 2 amide bonds. The molecule has 2 aromatic rings. The summed E-state index contributed by atoms with van der Waals surface area (Å²) in [5.74, 6) is -2.39. The van der Waals surface area contributed by atoms with Crippen LogP contribution in [0.4, 0.5) is 8.78 Å². The van der Waals surface area contributed by atoms with E-state index in [0.29, 0.717) is 11.6 Å². The maximum atomic E-state index is 13.0. The van der Waals surface area contributed by atoms with Crippen molar-refractivity contribution in [3.05, 3.63) is 70.8 Å². The first-order chi connectivity index (χ1) is 10.5. The van der Waals surface area contributed by atoms with Crippen LogP contribution in [0, 0.1) is 11.6 Å².